The third-order valence-corrected chi connectivity index (χ3v) is 5.03. The number of hydrogen-bond acceptors (Lipinski definition) is 3. The van der Waals surface area contributed by atoms with E-state index in [2.05, 4.69) is 10.4 Å². The number of hydrogen-bond donors (Lipinski definition) is 1. The molecule has 4 rings (SSSR count). The van der Waals surface area contributed by atoms with Crippen LogP contribution in [0.1, 0.15) is 47.8 Å². The van der Waals surface area contributed by atoms with E-state index in [4.69, 9.17) is 0 Å². The molecule has 0 unspecified atom stereocenters. The first-order chi connectivity index (χ1) is 12.7. The van der Waals surface area contributed by atoms with Gasteiger partial charge >= 0.3 is 0 Å². The van der Waals surface area contributed by atoms with Crippen molar-refractivity contribution in [2.45, 2.75) is 38.3 Å². The molecule has 1 aromatic heterocycles. The summed E-state index contributed by atoms with van der Waals surface area (Å²) in [5.74, 6) is -0.143. The van der Waals surface area contributed by atoms with Crippen molar-refractivity contribution in [2.24, 2.45) is 0 Å². The van der Waals surface area contributed by atoms with E-state index in [0.717, 1.165) is 36.8 Å². The molecule has 0 radical (unpaired) electrons. The van der Waals surface area contributed by atoms with Crippen molar-refractivity contribution in [3.05, 3.63) is 76.2 Å². The lowest BCUT2D eigenvalue weighted by atomic mass is 10.1. The quantitative estimate of drug-likeness (QED) is 0.786. The highest BCUT2D eigenvalue weighted by atomic mass is 16.1. The van der Waals surface area contributed by atoms with Crippen LogP contribution in [0.4, 0.5) is 0 Å². The van der Waals surface area contributed by atoms with Gasteiger partial charge in [-0.3, -0.25) is 9.59 Å². The fourth-order valence-electron chi connectivity index (χ4n) is 3.66. The summed E-state index contributed by atoms with van der Waals surface area (Å²) in [6.07, 6.45) is 4.24. The summed E-state index contributed by atoms with van der Waals surface area (Å²) >= 11 is 0. The highest BCUT2D eigenvalue weighted by Gasteiger charge is 2.21. The van der Waals surface area contributed by atoms with E-state index in [9.17, 15) is 9.59 Å². The fraction of sp³-hybridized carbons (Fsp3) is 0.286. The van der Waals surface area contributed by atoms with E-state index in [-0.39, 0.29) is 17.5 Å². The number of carbonyl (C=O) groups is 1. The Hall–Kier alpha value is -2.95. The summed E-state index contributed by atoms with van der Waals surface area (Å²) in [6.45, 7) is 0.293. The number of nitrogens with one attached hydrogen (secondary N) is 1. The minimum absolute atomic E-state index is 0.0364. The van der Waals surface area contributed by atoms with Gasteiger partial charge in [-0.15, -0.1) is 0 Å². The van der Waals surface area contributed by atoms with Crippen molar-refractivity contribution in [2.75, 3.05) is 0 Å². The second kappa shape index (κ2) is 7.12. The van der Waals surface area contributed by atoms with Crippen molar-refractivity contribution in [3.8, 4) is 0 Å². The molecule has 2 aromatic carbocycles. The van der Waals surface area contributed by atoms with E-state index in [0.29, 0.717) is 17.5 Å². The van der Waals surface area contributed by atoms with Crippen molar-refractivity contribution in [3.63, 3.8) is 0 Å². The average Bonchev–Trinajstić information content (AvgIpc) is 3.22. The van der Waals surface area contributed by atoms with Crippen LogP contribution < -0.4 is 10.9 Å². The Balaban J connectivity index is 1.68. The topological polar surface area (TPSA) is 64.0 Å². The standard InChI is InChI=1S/C21H21N3O2/c25-20(15-8-2-1-3-9-15)22-14-19-17-12-6-7-13-18(17)21(26)24(23-19)16-10-4-5-11-16/h1-3,6-9,12-13,16H,4-5,10-11,14H2,(H,22,25). The monoisotopic (exact) mass is 347 g/mol. The number of rotatable bonds is 4. The Labute approximate surface area is 151 Å². The van der Waals surface area contributed by atoms with E-state index in [1.54, 1.807) is 16.8 Å². The molecule has 0 bridgehead atoms. The summed E-state index contributed by atoms with van der Waals surface area (Å²) in [7, 11) is 0. The van der Waals surface area contributed by atoms with Crippen LogP contribution in [0.25, 0.3) is 10.8 Å². The largest absolute Gasteiger partial charge is 0.346 e. The van der Waals surface area contributed by atoms with Crippen LogP contribution in [0.2, 0.25) is 0 Å². The van der Waals surface area contributed by atoms with Crippen molar-refractivity contribution < 1.29 is 4.79 Å². The van der Waals surface area contributed by atoms with Crippen molar-refractivity contribution in [1.29, 1.82) is 0 Å². The number of amides is 1. The number of aromatic nitrogens is 2. The normalized spacial score (nSPS) is 14.6. The summed E-state index contributed by atoms with van der Waals surface area (Å²) in [6, 6.07) is 16.8. The Morgan fingerprint density at radius 2 is 1.65 bits per heavy atom. The molecular weight excluding hydrogens is 326 g/mol. The molecule has 1 saturated carbocycles. The Bertz CT molecular complexity index is 989. The van der Waals surface area contributed by atoms with E-state index < -0.39 is 0 Å². The molecule has 1 amide bonds. The van der Waals surface area contributed by atoms with Crippen LogP contribution in [0.3, 0.4) is 0 Å². The summed E-state index contributed by atoms with van der Waals surface area (Å²) in [5.41, 5.74) is 1.31. The van der Waals surface area contributed by atoms with Crippen molar-refractivity contribution >= 4 is 16.7 Å². The van der Waals surface area contributed by atoms with Gasteiger partial charge in [-0.05, 0) is 31.0 Å². The molecule has 0 atom stereocenters. The first-order valence-electron chi connectivity index (χ1n) is 9.08. The molecule has 1 aliphatic rings. The van der Waals surface area contributed by atoms with Gasteiger partial charge in [-0.2, -0.15) is 5.10 Å². The third kappa shape index (κ3) is 3.12. The molecule has 1 aliphatic carbocycles. The molecule has 0 spiro atoms. The number of fused-ring (bicyclic) bond motifs is 1. The maximum Gasteiger partial charge on any atom is 0.274 e. The van der Waals surface area contributed by atoms with Crippen LogP contribution >= 0.6 is 0 Å². The minimum atomic E-state index is -0.143. The first-order valence-corrected chi connectivity index (χ1v) is 9.08. The molecule has 1 fully saturated rings. The van der Waals surface area contributed by atoms with E-state index in [1.807, 2.05) is 42.5 Å². The number of benzene rings is 2. The van der Waals surface area contributed by atoms with Gasteiger partial charge in [0.15, 0.2) is 0 Å². The second-order valence-electron chi connectivity index (χ2n) is 6.73. The minimum Gasteiger partial charge on any atom is -0.346 e. The maximum absolute atomic E-state index is 12.8. The Morgan fingerprint density at radius 1 is 1.00 bits per heavy atom. The summed E-state index contributed by atoms with van der Waals surface area (Å²) in [5, 5.41) is 9.04. The SMILES string of the molecule is O=C(NCc1nn(C2CCCC2)c(=O)c2ccccc12)c1ccccc1. The van der Waals surface area contributed by atoms with Gasteiger partial charge in [0.05, 0.1) is 23.7 Å². The zero-order valence-electron chi connectivity index (χ0n) is 14.5. The first kappa shape index (κ1) is 16.5. The third-order valence-electron chi connectivity index (χ3n) is 5.03. The highest BCUT2D eigenvalue weighted by Crippen LogP contribution is 2.28. The zero-order valence-corrected chi connectivity index (χ0v) is 14.5. The molecule has 0 saturated heterocycles. The molecule has 1 heterocycles. The van der Waals surface area contributed by atoms with Gasteiger partial charge in [-0.25, -0.2) is 4.68 Å². The van der Waals surface area contributed by atoms with Gasteiger partial charge in [0.2, 0.25) is 0 Å². The summed E-state index contributed by atoms with van der Waals surface area (Å²) < 4.78 is 1.64. The predicted molar refractivity (Wildman–Crippen MR) is 101 cm³/mol. The van der Waals surface area contributed by atoms with E-state index >= 15 is 0 Å². The van der Waals surface area contributed by atoms with E-state index in [1.165, 1.54) is 0 Å². The molecule has 1 N–H and O–H groups in total. The molecule has 132 valence electrons. The van der Waals surface area contributed by atoms with Crippen LogP contribution in [0.5, 0.6) is 0 Å². The maximum atomic E-state index is 12.8. The predicted octanol–water partition coefficient (Wildman–Crippen LogP) is 3.44. The molecular formula is C21H21N3O2. The van der Waals surface area contributed by atoms with Gasteiger partial charge in [0.25, 0.3) is 11.5 Å². The van der Waals surface area contributed by atoms with Gasteiger partial charge in [0.1, 0.15) is 0 Å². The lowest BCUT2D eigenvalue weighted by Gasteiger charge is -2.16. The van der Waals surface area contributed by atoms with Crippen LogP contribution in [-0.2, 0) is 6.54 Å². The molecule has 5 heteroatoms. The Morgan fingerprint density at radius 3 is 2.38 bits per heavy atom. The highest BCUT2D eigenvalue weighted by molar-refractivity contribution is 5.94. The van der Waals surface area contributed by atoms with Crippen LogP contribution in [0, 0.1) is 0 Å². The molecule has 5 nitrogen and oxygen atoms in total. The summed E-state index contributed by atoms with van der Waals surface area (Å²) in [4.78, 5) is 25.2. The van der Waals surface area contributed by atoms with Crippen LogP contribution in [0.15, 0.2) is 59.4 Å². The molecule has 0 aliphatic heterocycles. The lowest BCUT2D eigenvalue weighted by molar-refractivity contribution is 0.0950. The fourth-order valence-corrected chi connectivity index (χ4v) is 3.66. The molecule has 3 aromatic rings. The smallest absolute Gasteiger partial charge is 0.274 e. The zero-order chi connectivity index (χ0) is 17.9. The number of nitrogens with zero attached hydrogens (tertiary/aromatic N) is 2. The van der Waals surface area contributed by atoms with Gasteiger partial charge < -0.3 is 5.32 Å². The second-order valence-corrected chi connectivity index (χ2v) is 6.73. The van der Waals surface area contributed by atoms with Gasteiger partial charge in [-0.1, -0.05) is 49.2 Å². The van der Waals surface area contributed by atoms with Crippen LogP contribution in [-0.4, -0.2) is 15.7 Å². The average molecular weight is 347 g/mol. The Kier molecular flexibility index (Phi) is 4.52. The lowest BCUT2D eigenvalue weighted by Crippen LogP contribution is -2.30. The van der Waals surface area contributed by atoms with Gasteiger partial charge in [0, 0.05) is 10.9 Å². The van der Waals surface area contributed by atoms with Crippen molar-refractivity contribution in [1.82, 2.24) is 15.1 Å². The number of carbonyl (C=O) groups excluding carboxylic acids is 1. The molecule has 26 heavy (non-hydrogen) atoms.